The van der Waals surface area contributed by atoms with E-state index >= 15 is 0 Å². The highest BCUT2D eigenvalue weighted by Gasteiger charge is 2.19. The van der Waals surface area contributed by atoms with E-state index in [0.717, 1.165) is 24.2 Å². The van der Waals surface area contributed by atoms with Gasteiger partial charge in [-0.25, -0.2) is 0 Å². The van der Waals surface area contributed by atoms with Gasteiger partial charge in [0.25, 0.3) is 0 Å². The molecule has 0 aliphatic heterocycles. The van der Waals surface area contributed by atoms with Crippen molar-refractivity contribution in [3.05, 3.63) is 35.4 Å². The van der Waals surface area contributed by atoms with Gasteiger partial charge in [-0.15, -0.1) is 0 Å². The number of aryl methyl sites for hydroxylation is 1. The fourth-order valence-corrected chi connectivity index (χ4v) is 3.08. The summed E-state index contributed by atoms with van der Waals surface area (Å²) in [6.07, 6.45) is 7.55. The van der Waals surface area contributed by atoms with Crippen molar-refractivity contribution in [1.29, 1.82) is 0 Å². The van der Waals surface area contributed by atoms with Gasteiger partial charge in [-0.05, 0) is 43.2 Å². The number of hydrogen-bond donors (Lipinski definition) is 0. The third-order valence-corrected chi connectivity index (χ3v) is 4.19. The van der Waals surface area contributed by atoms with Crippen LogP contribution in [0.5, 0.6) is 0 Å². The molecule has 1 aliphatic rings. The normalized spacial score (nSPS) is 21.1. The lowest BCUT2D eigenvalue weighted by Gasteiger charge is -2.25. The van der Waals surface area contributed by atoms with Crippen molar-refractivity contribution >= 4 is 12.1 Å². The van der Waals surface area contributed by atoms with Crippen molar-refractivity contribution in [3.8, 4) is 0 Å². The smallest absolute Gasteiger partial charge is 0.130 e. The van der Waals surface area contributed by atoms with Crippen LogP contribution in [0.3, 0.4) is 0 Å². The van der Waals surface area contributed by atoms with E-state index in [4.69, 9.17) is 0 Å². The number of rotatable bonds is 4. The third kappa shape index (κ3) is 7.22. The Bertz CT molecular complexity index is 451. The monoisotopic (exact) mass is 288 g/mol. The van der Waals surface area contributed by atoms with E-state index in [1.54, 1.807) is 6.92 Å². The van der Waals surface area contributed by atoms with Crippen LogP contribution < -0.4 is 0 Å². The zero-order valence-corrected chi connectivity index (χ0v) is 13.6. The predicted molar refractivity (Wildman–Crippen MR) is 87.4 cm³/mol. The molecular weight excluding hydrogens is 260 g/mol. The minimum atomic E-state index is 0.365. The Balaban J connectivity index is 0.000000211. The Labute approximate surface area is 128 Å². The molecule has 1 aromatic rings. The number of hydrogen-bond acceptors (Lipinski definition) is 2. The average Bonchev–Trinajstić information content (AvgIpc) is 2.42. The highest BCUT2D eigenvalue weighted by atomic mass is 16.1. The Morgan fingerprint density at radius 3 is 2.57 bits per heavy atom. The first kappa shape index (κ1) is 17.6. The van der Waals surface area contributed by atoms with Crippen LogP contribution in [0.1, 0.15) is 57.1 Å². The molecule has 2 nitrogen and oxygen atoms in total. The van der Waals surface area contributed by atoms with Crippen molar-refractivity contribution < 1.29 is 9.59 Å². The standard InChI is InChI=1S/C10H18O.C9H10O/c1-8-4-3-5-10(6-8)7-9(2)11;1-8-4-2-3-5-9(8)6-7-10/h8,10H,3-7H2,1-2H3;2-5,7H,6H2,1H3. The molecule has 0 spiro atoms. The predicted octanol–water partition coefficient (Wildman–Crippen LogP) is 4.53. The summed E-state index contributed by atoms with van der Waals surface area (Å²) in [6.45, 7) is 6.02. The van der Waals surface area contributed by atoms with Crippen LogP contribution in [0.4, 0.5) is 0 Å². The number of carbonyl (C=O) groups is 2. The average molecular weight is 288 g/mol. The van der Waals surface area contributed by atoms with Crippen LogP contribution in [0.2, 0.25) is 0 Å². The van der Waals surface area contributed by atoms with Crippen LogP contribution in [-0.2, 0) is 16.0 Å². The summed E-state index contributed by atoms with van der Waals surface area (Å²) in [7, 11) is 0. The summed E-state index contributed by atoms with van der Waals surface area (Å²) in [5.41, 5.74) is 2.31. The molecule has 0 amide bonds. The molecule has 116 valence electrons. The zero-order valence-electron chi connectivity index (χ0n) is 13.6. The molecule has 2 rings (SSSR count). The molecule has 0 bridgehead atoms. The number of carbonyl (C=O) groups excluding carboxylic acids is 2. The van der Waals surface area contributed by atoms with Crippen molar-refractivity contribution in [1.82, 2.24) is 0 Å². The van der Waals surface area contributed by atoms with E-state index in [1.807, 2.05) is 31.2 Å². The van der Waals surface area contributed by atoms with E-state index in [1.165, 1.54) is 31.2 Å². The Hall–Kier alpha value is -1.44. The van der Waals surface area contributed by atoms with Crippen molar-refractivity contribution in [2.45, 2.75) is 59.3 Å². The van der Waals surface area contributed by atoms with Crippen molar-refractivity contribution in [3.63, 3.8) is 0 Å². The molecule has 2 heteroatoms. The van der Waals surface area contributed by atoms with Gasteiger partial charge in [0.05, 0.1) is 0 Å². The maximum absolute atomic E-state index is 10.8. The number of aldehydes is 1. The molecule has 0 heterocycles. The van der Waals surface area contributed by atoms with Gasteiger partial charge in [0.2, 0.25) is 0 Å². The lowest BCUT2D eigenvalue weighted by molar-refractivity contribution is -0.118. The maximum atomic E-state index is 10.8. The van der Waals surface area contributed by atoms with E-state index in [2.05, 4.69) is 6.92 Å². The van der Waals surface area contributed by atoms with E-state index < -0.39 is 0 Å². The molecule has 1 saturated carbocycles. The largest absolute Gasteiger partial charge is 0.303 e. The summed E-state index contributed by atoms with van der Waals surface area (Å²) in [5, 5.41) is 0. The molecule has 0 saturated heterocycles. The van der Waals surface area contributed by atoms with Gasteiger partial charge in [0, 0.05) is 12.8 Å². The Morgan fingerprint density at radius 1 is 1.29 bits per heavy atom. The fraction of sp³-hybridized carbons (Fsp3) is 0.579. The lowest BCUT2D eigenvalue weighted by Crippen LogP contribution is -2.15. The van der Waals surface area contributed by atoms with Crippen LogP contribution in [0.15, 0.2) is 24.3 Å². The molecule has 21 heavy (non-hydrogen) atoms. The van der Waals surface area contributed by atoms with Crippen LogP contribution in [0, 0.1) is 18.8 Å². The highest BCUT2D eigenvalue weighted by molar-refractivity contribution is 5.75. The number of ketones is 1. The van der Waals surface area contributed by atoms with E-state index in [0.29, 0.717) is 18.1 Å². The van der Waals surface area contributed by atoms with Crippen molar-refractivity contribution in [2.75, 3.05) is 0 Å². The molecule has 2 atom stereocenters. The summed E-state index contributed by atoms with van der Waals surface area (Å²) in [6, 6.07) is 7.91. The van der Waals surface area contributed by atoms with Gasteiger partial charge < -0.3 is 9.59 Å². The topological polar surface area (TPSA) is 34.1 Å². The number of Topliss-reactive ketones (excluding diaryl/α,β-unsaturated/α-hetero) is 1. The molecule has 2 unspecified atom stereocenters. The van der Waals surface area contributed by atoms with Gasteiger partial charge >= 0.3 is 0 Å². The van der Waals surface area contributed by atoms with Gasteiger partial charge in [0.15, 0.2) is 0 Å². The highest BCUT2D eigenvalue weighted by Crippen LogP contribution is 2.30. The molecular formula is C19H28O2. The van der Waals surface area contributed by atoms with Gasteiger partial charge in [0.1, 0.15) is 12.1 Å². The first-order valence-corrected chi connectivity index (χ1v) is 8.00. The second kappa shape index (κ2) is 9.49. The maximum Gasteiger partial charge on any atom is 0.130 e. The van der Waals surface area contributed by atoms with E-state index in [9.17, 15) is 9.59 Å². The summed E-state index contributed by atoms with van der Waals surface area (Å²) in [4.78, 5) is 20.9. The van der Waals surface area contributed by atoms with Gasteiger partial charge in [-0.2, -0.15) is 0 Å². The quantitative estimate of drug-likeness (QED) is 0.763. The van der Waals surface area contributed by atoms with E-state index in [-0.39, 0.29) is 0 Å². The lowest BCUT2D eigenvalue weighted by atomic mass is 9.80. The molecule has 0 radical (unpaired) electrons. The van der Waals surface area contributed by atoms with Crippen LogP contribution >= 0.6 is 0 Å². The van der Waals surface area contributed by atoms with Crippen molar-refractivity contribution in [2.24, 2.45) is 11.8 Å². The SMILES string of the molecule is CC(=O)CC1CCCC(C)C1.Cc1ccccc1CC=O. The molecule has 0 N–H and O–H groups in total. The first-order chi connectivity index (χ1) is 10.0. The second-order valence-electron chi connectivity index (χ2n) is 6.34. The number of benzene rings is 1. The van der Waals surface area contributed by atoms with Gasteiger partial charge in [-0.1, -0.05) is 50.5 Å². The molecule has 1 aliphatic carbocycles. The summed E-state index contributed by atoms with van der Waals surface area (Å²) in [5.74, 6) is 1.92. The minimum Gasteiger partial charge on any atom is -0.303 e. The minimum absolute atomic E-state index is 0.365. The molecule has 1 aromatic carbocycles. The first-order valence-electron chi connectivity index (χ1n) is 8.00. The second-order valence-corrected chi connectivity index (χ2v) is 6.34. The Kier molecular flexibility index (Phi) is 7.96. The van der Waals surface area contributed by atoms with Gasteiger partial charge in [-0.3, -0.25) is 0 Å². The zero-order chi connectivity index (χ0) is 15.7. The fourth-order valence-electron chi connectivity index (χ4n) is 3.08. The van der Waals surface area contributed by atoms with Crippen LogP contribution in [-0.4, -0.2) is 12.1 Å². The third-order valence-electron chi connectivity index (χ3n) is 4.19. The molecule has 1 fully saturated rings. The van der Waals surface area contributed by atoms with Crippen LogP contribution in [0.25, 0.3) is 0 Å². The summed E-state index contributed by atoms with van der Waals surface area (Å²) >= 11 is 0. The summed E-state index contributed by atoms with van der Waals surface area (Å²) < 4.78 is 0. The molecule has 0 aromatic heterocycles. The Morgan fingerprint density at radius 2 is 2.00 bits per heavy atom.